The molecule has 1 heterocycles. The van der Waals surface area contributed by atoms with Crippen molar-refractivity contribution in [2.75, 3.05) is 31.1 Å². The number of aryl methyl sites for hydroxylation is 2. The number of hydrogen-bond acceptors (Lipinski definition) is 2. The van der Waals surface area contributed by atoms with Crippen LogP contribution in [-0.4, -0.2) is 37.0 Å². The topological polar surface area (TPSA) is 23.6 Å². The van der Waals surface area contributed by atoms with E-state index in [1.165, 1.54) is 22.9 Å². The lowest BCUT2D eigenvalue weighted by molar-refractivity contribution is -0.130. The summed E-state index contributed by atoms with van der Waals surface area (Å²) in [6.07, 6.45) is 0.135. The lowest BCUT2D eigenvalue weighted by atomic mass is 10.1. The summed E-state index contributed by atoms with van der Waals surface area (Å²) >= 11 is 0. The van der Waals surface area contributed by atoms with Crippen LogP contribution in [0.5, 0.6) is 0 Å². The molecule has 2 aromatic carbocycles. The number of anilines is 1. The summed E-state index contributed by atoms with van der Waals surface area (Å²) in [5.41, 5.74) is 4.28. The molecule has 0 bridgehead atoms. The molecule has 0 saturated carbocycles. The Labute approximate surface area is 142 Å². The van der Waals surface area contributed by atoms with E-state index in [2.05, 4.69) is 36.9 Å². The number of rotatable bonds is 3. The number of piperazine rings is 1. The molecule has 3 nitrogen and oxygen atoms in total. The van der Waals surface area contributed by atoms with Crippen molar-refractivity contribution < 1.29 is 9.18 Å². The molecule has 1 saturated heterocycles. The molecule has 1 amide bonds. The first-order chi connectivity index (χ1) is 11.6. The van der Waals surface area contributed by atoms with E-state index >= 15 is 0 Å². The van der Waals surface area contributed by atoms with Crippen LogP contribution in [0.15, 0.2) is 42.5 Å². The van der Waals surface area contributed by atoms with Gasteiger partial charge in [0.15, 0.2) is 0 Å². The molecule has 0 radical (unpaired) electrons. The number of halogens is 1. The van der Waals surface area contributed by atoms with Crippen molar-refractivity contribution in [3.05, 3.63) is 65.0 Å². The minimum Gasteiger partial charge on any atom is -0.368 e. The van der Waals surface area contributed by atoms with Crippen LogP contribution >= 0.6 is 0 Å². The van der Waals surface area contributed by atoms with Crippen molar-refractivity contribution in [2.45, 2.75) is 20.3 Å². The molecular formula is C20H23FN2O. The van der Waals surface area contributed by atoms with E-state index in [1.807, 2.05) is 4.90 Å². The Morgan fingerprint density at radius 3 is 2.21 bits per heavy atom. The van der Waals surface area contributed by atoms with Gasteiger partial charge in [0, 0.05) is 31.9 Å². The van der Waals surface area contributed by atoms with Gasteiger partial charge in [-0.25, -0.2) is 4.39 Å². The largest absolute Gasteiger partial charge is 0.368 e. The van der Waals surface area contributed by atoms with Gasteiger partial charge in [-0.15, -0.1) is 0 Å². The fourth-order valence-electron chi connectivity index (χ4n) is 3.40. The van der Waals surface area contributed by atoms with Crippen LogP contribution in [0.1, 0.15) is 16.7 Å². The molecule has 1 aliphatic heterocycles. The third-order valence-electron chi connectivity index (χ3n) is 4.69. The highest BCUT2D eigenvalue weighted by Gasteiger charge is 2.23. The minimum atomic E-state index is -0.306. The quantitative estimate of drug-likeness (QED) is 0.864. The summed E-state index contributed by atoms with van der Waals surface area (Å²) in [5.74, 6) is -0.304. The second kappa shape index (κ2) is 7.04. The molecule has 0 aliphatic carbocycles. The van der Waals surface area contributed by atoms with E-state index in [9.17, 15) is 9.18 Å². The van der Waals surface area contributed by atoms with Crippen LogP contribution < -0.4 is 4.90 Å². The van der Waals surface area contributed by atoms with Gasteiger partial charge in [0.1, 0.15) is 5.82 Å². The molecule has 0 N–H and O–H groups in total. The van der Waals surface area contributed by atoms with Crippen LogP contribution in [0.25, 0.3) is 0 Å². The number of para-hydroxylation sites is 1. The monoisotopic (exact) mass is 326 g/mol. The summed E-state index contributed by atoms with van der Waals surface area (Å²) in [5, 5.41) is 0. The number of carbonyl (C=O) groups excluding carboxylic acids is 1. The van der Waals surface area contributed by atoms with E-state index in [-0.39, 0.29) is 18.1 Å². The Morgan fingerprint density at radius 1 is 0.958 bits per heavy atom. The Bertz CT molecular complexity index is 716. The SMILES string of the molecule is Cc1cccc(C)c1N1CCN(C(=O)Cc2ccccc2F)CC1. The normalized spacial score (nSPS) is 14.8. The van der Waals surface area contributed by atoms with Gasteiger partial charge < -0.3 is 9.80 Å². The number of amides is 1. The summed E-state index contributed by atoms with van der Waals surface area (Å²) in [4.78, 5) is 16.6. The lowest BCUT2D eigenvalue weighted by Crippen LogP contribution is -2.49. The predicted molar refractivity (Wildman–Crippen MR) is 94.8 cm³/mol. The van der Waals surface area contributed by atoms with Crippen LogP contribution in [-0.2, 0) is 11.2 Å². The highest BCUT2D eigenvalue weighted by atomic mass is 19.1. The van der Waals surface area contributed by atoms with Gasteiger partial charge in [-0.2, -0.15) is 0 Å². The van der Waals surface area contributed by atoms with Crippen LogP contribution in [0.2, 0.25) is 0 Å². The standard InChI is InChI=1S/C20H23FN2O/c1-15-6-5-7-16(2)20(15)23-12-10-22(11-13-23)19(24)14-17-8-3-4-9-18(17)21/h3-9H,10-14H2,1-2H3. The lowest BCUT2D eigenvalue weighted by Gasteiger charge is -2.37. The summed E-state index contributed by atoms with van der Waals surface area (Å²) < 4.78 is 13.7. The van der Waals surface area contributed by atoms with E-state index < -0.39 is 0 Å². The average Bonchev–Trinajstić information content (AvgIpc) is 2.57. The fourth-order valence-corrected chi connectivity index (χ4v) is 3.40. The molecule has 1 aliphatic rings. The third-order valence-corrected chi connectivity index (χ3v) is 4.69. The van der Waals surface area contributed by atoms with E-state index in [1.54, 1.807) is 18.2 Å². The third kappa shape index (κ3) is 3.42. The zero-order valence-electron chi connectivity index (χ0n) is 14.3. The van der Waals surface area contributed by atoms with Gasteiger partial charge in [0.2, 0.25) is 5.91 Å². The van der Waals surface area contributed by atoms with Crippen molar-refractivity contribution in [1.29, 1.82) is 0 Å². The first-order valence-corrected chi connectivity index (χ1v) is 8.38. The average molecular weight is 326 g/mol. The maximum absolute atomic E-state index is 13.7. The zero-order valence-corrected chi connectivity index (χ0v) is 14.3. The molecule has 126 valence electrons. The van der Waals surface area contributed by atoms with Crippen molar-refractivity contribution in [1.82, 2.24) is 4.90 Å². The molecule has 0 unspecified atom stereocenters. The summed E-state index contributed by atoms with van der Waals surface area (Å²) in [7, 11) is 0. The van der Waals surface area contributed by atoms with Crippen molar-refractivity contribution >= 4 is 11.6 Å². The predicted octanol–water partition coefficient (Wildman–Crippen LogP) is 3.33. The smallest absolute Gasteiger partial charge is 0.227 e. The van der Waals surface area contributed by atoms with Gasteiger partial charge in [-0.3, -0.25) is 4.79 Å². The Balaban J connectivity index is 1.63. The molecule has 1 fully saturated rings. The highest BCUT2D eigenvalue weighted by Crippen LogP contribution is 2.25. The van der Waals surface area contributed by atoms with Crippen molar-refractivity contribution in [3.8, 4) is 0 Å². The maximum Gasteiger partial charge on any atom is 0.227 e. The molecule has 0 aromatic heterocycles. The fraction of sp³-hybridized carbons (Fsp3) is 0.350. The van der Waals surface area contributed by atoms with Crippen LogP contribution in [0, 0.1) is 19.7 Å². The first-order valence-electron chi connectivity index (χ1n) is 8.38. The molecule has 4 heteroatoms. The van der Waals surface area contributed by atoms with E-state index in [0.29, 0.717) is 18.7 Å². The second-order valence-corrected chi connectivity index (χ2v) is 6.38. The summed E-state index contributed by atoms with van der Waals surface area (Å²) in [6, 6.07) is 12.8. The molecule has 3 rings (SSSR count). The zero-order chi connectivity index (χ0) is 17.1. The van der Waals surface area contributed by atoms with Gasteiger partial charge >= 0.3 is 0 Å². The van der Waals surface area contributed by atoms with Gasteiger partial charge in [0.25, 0.3) is 0 Å². The molecule has 2 aromatic rings. The highest BCUT2D eigenvalue weighted by molar-refractivity contribution is 5.79. The van der Waals surface area contributed by atoms with Crippen molar-refractivity contribution in [3.63, 3.8) is 0 Å². The van der Waals surface area contributed by atoms with E-state index in [4.69, 9.17) is 0 Å². The number of carbonyl (C=O) groups is 1. The van der Waals surface area contributed by atoms with Gasteiger partial charge in [-0.1, -0.05) is 36.4 Å². The molecule has 0 atom stereocenters. The van der Waals surface area contributed by atoms with Gasteiger partial charge in [-0.05, 0) is 36.6 Å². The Morgan fingerprint density at radius 2 is 1.58 bits per heavy atom. The van der Waals surface area contributed by atoms with E-state index in [0.717, 1.165) is 13.1 Å². The van der Waals surface area contributed by atoms with Gasteiger partial charge in [0.05, 0.1) is 6.42 Å². The maximum atomic E-state index is 13.7. The minimum absolute atomic E-state index is 0.00116. The number of nitrogens with zero attached hydrogens (tertiary/aromatic N) is 2. The number of benzene rings is 2. The molecule has 0 spiro atoms. The molecule has 24 heavy (non-hydrogen) atoms. The summed E-state index contributed by atoms with van der Waals surface area (Å²) in [6.45, 7) is 7.24. The van der Waals surface area contributed by atoms with Crippen LogP contribution in [0.4, 0.5) is 10.1 Å². The second-order valence-electron chi connectivity index (χ2n) is 6.38. The Hall–Kier alpha value is -2.36. The molecular weight excluding hydrogens is 303 g/mol. The van der Waals surface area contributed by atoms with Crippen LogP contribution in [0.3, 0.4) is 0 Å². The van der Waals surface area contributed by atoms with Crippen molar-refractivity contribution in [2.24, 2.45) is 0 Å². The first kappa shape index (κ1) is 16.5. The Kier molecular flexibility index (Phi) is 4.84. The number of hydrogen-bond donors (Lipinski definition) is 0.